The Morgan fingerprint density at radius 3 is 0.944 bits per heavy atom. The minimum absolute atomic E-state index is 0.0291. The molecule has 3 rings (SSSR count). The lowest BCUT2D eigenvalue weighted by Crippen LogP contribution is -2.75. The molecule has 8 heteroatoms. The molecule has 8 N–H and O–H groups in total. The Kier molecular flexibility index (Phi) is 3.28. The first-order valence-corrected chi connectivity index (χ1v) is 6.31. The van der Waals surface area contributed by atoms with Crippen molar-refractivity contribution in [3.8, 4) is 0 Å². The van der Waals surface area contributed by atoms with Gasteiger partial charge in [-0.25, -0.2) is 0 Å². The van der Waals surface area contributed by atoms with Crippen molar-refractivity contribution in [2.75, 3.05) is 0 Å². The second-order valence-corrected chi connectivity index (χ2v) is 5.34. The van der Waals surface area contributed by atoms with E-state index in [1.165, 1.54) is 0 Å². The number of hydrogen-bond donors (Lipinski definition) is 8. The zero-order chi connectivity index (χ0) is 12.9. The van der Waals surface area contributed by atoms with Crippen LogP contribution < -0.4 is 21.3 Å². The monoisotopic (exact) mass is 260 g/mol. The molecule has 3 fully saturated rings. The summed E-state index contributed by atoms with van der Waals surface area (Å²) in [5, 5.41) is 50.1. The predicted octanol–water partition coefficient (Wildman–Crippen LogP) is -4.09. The number of nitrogens with one attached hydrogen (secondary N) is 4. The van der Waals surface area contributed by atoms with E-state index in [4.69, 9.17) is 0 Å². The molecule has 1 saturated carbocycles. The molecule has 0 radical (unpaired) electrons. The fourth-order valence-corrected chi connectivity index (χ4v) is 3.18. The average molecular weight is 260 g/mol. The molecule has 0 aromatic heterocycles. The Morgan fingerprint density at radius 1 is 0.500 bits per heavy atom. The maximum atomic E-state index is 9.56. The van der Waals surface area contributed by atoms with Gasteiger partial charge in [0.25, 0.3) is 0 Å². The van der Waals surface area contributed by atoms with E-state index >= 15 is 0 Å². The van der Waals surface area contributed by atoms with Crippen LogP contribution in [-0.4, -0.2) is 69.5 Å². The van der Waals surface area contributed by atoms with Crippen LogP contribution in [0.5, 0.6) is 0 Å². The van der Waals surface area contributed by atoms with Gasteiger partial charge in [-0.15, -0.1) is 0 Å². The molecule has 0 aromatic carbocycles. The third-order valence-corrected chi connectivity index (χ3v) is 4.12. The van der Waals surface area contributed by atoms with Gasteiger partial charge in [-0.2, -0.15) is 0 Å². The second kappa shape index (κ2) is 4.66. The Hall–Kier alpha value is -0.320. The van der Waals surface area contributed by atoms with E-state index in [1.54, 1.807) is 0 Å². The fourth-order valence-electron chi connectivity index (χ4n) is 3.18. The molecule has 2 saturated heterocycles. The highest BCUT2D eigenvalue weighted by molar-refractivity contribution is 5.05. The van der Waals surface area contributed by atoms with Gasteiger partial charge in [0, 0.05) is 24.2 Å². The summed E-state index contributed by atoms with van der Waals surface area (Å²) < 4.78 is 0. The highest BCUT2D eigenvalue weighted by atomic mass is 16.4. The standard InChI is InChI=1S/C10H20N4O4/c15-7-9(17)13-5-2-6-4(1-3(5)11-7)12-8(16)10(18)14-6/h3-18H,1-2H2. The molecule has 1 aliphatic carbocycles. The van der Waals surface area contributed by atoms with E-state index in [1.807, 2.05) is 0 Å². The van der Waals surface area contributed by atoms with Crippen molar-refractivity contribution in [2.24, 2.45) is 0 Å². The van der Waals surface area contributed by atoms with Gasteiger partial charge >= 0.3 is 0 Å². The summed E-state index contributed by atoms with van der Waals surface area (Å²) in [6.07, 6.45) is -2.51. The highest BCUT2D eigenvalue weighted by Crippen LogP contribution is 2.26. The SMILES string of the molecule is OC1NC2CC3NC(O)C(O)NC3CC2NC1O. The summed E-state index contributed by atoms with van der Waals surface area (Å²) in [6, 6.07) is 0.116. The van der Waals surface area contributed by atoms with Crippen molar-refractivity contribution in [2.45, 2.75) is 61.9 Å². The van der Waals surface area contributed by atoms with E-state index in [-0.39, 0.29) is 24.2 Å². The van der Waals surface area contributed by atoms with Crippen molar-refractivity contribution >= 4 is 0 Å². The zero-order valence-corrected chi connectivity index (χ0v) is 9.82. The summed E-state index contributed by atoms with van der Waals surface area (Å²) in [5.74, 6) is 0. The van der Waals surface area contributed by atoms with Gasteiger partial charge < -0.3 is 20.4 Å². The number of fused-ring (bicyclic) bond motifs is 2. The van der Waals surface area contributed by atoms with E-state index in [0.717, 1.165) is 0 Å². The first-order chi connectivity index (χ1) is 8.54. The number of rotatable bonds is 0. The topological polar surface area (TPSA) is 129 Å². The smallest absolute Gasteiger partial charge is 0.144 e. The van der Waals surface area contributed by atoms with Gasteiger partial charge in [0.15, 0.2) is 0 Å². The van der Waals surface area contributed by atoms with Gasteiger partial charge in [0.2, 0.25) is 0 Å². The van der Waals surface area contributed by atoms with Gasteiger partial charge in [0.05, 0.1) is 0 Å². The van der Waals surface area contributed by atoms with Crippen molar-refractivity contribution in [3.63, 3.8) is 0 Å². The number of aliphatic hydroxyl groups excluding tert-OH is 4. The van der Waals surface area contributed by atoms with Crippen LogP contribution in [0.2, 0.25) is 0 Å². The molecule has 3 aliphatic rings. The molecule has 8 unspecified atom stereocenters. The second-order valence-electron chi connectivity index (χ2n) is 5.34. The lowest BCUT2D eigenvalue weighted by atomic mass is 9.80. The van der Waals surface area contributed by atoms with Crippen LogP contribution in [0.4, 0.5) is 0 Å². The summed E-state index contributed by atoms with van der Waals surface area (Å²) >= 11 is 0. The van der Waals surface area contributed by atoms with Gasteiger partial charge in [0.1, 0.15) is 24.9 Å². The minimum Gasteiger partial charge on any atom is -0.374 e. The number of aliphatic hydroxyl groups is 4. The van der Waals surface area contributed by atoms with Crippen molar-refractivity contribution < 1.29 is 20.4 Å². The normalized spacial score (nSPS) is 56.7. The number of piperazine rings is 2. The van der Waals surface area contributed by atoms with Crippen LogP contribution in [0.15, 0.2) is 0 Å². The molecule has 18 heavy (non-hydrogen) atoms. The van der Waals surface area contributed by atoms with E-state index < -0.39 is 24.9 Å². The minimum atomic E-state index is -0.977. The lowest BCUT2D eigenvalue weighted by molar-refractivity contribution is -0.0996. The third-order valence-electron chi connectivity index (χ3n) is 4.12. The summed E-state index contributed by atoms with van der Waals surface area (Å²) in [7, 11) is 0. The molecule has 8 atom stereocenters. The van der Waals surface area contributed by atoms with Gasteiger partial charge in [-0.1, -0.05) is 0 Å². The molecular formula is C10H20N4O4. The van der Waals surface area contributed by atoms with Crippen LogP contribution in [-0.2, 0) is 0 Å². The van der Waals surface area contributed by atoms with Crippen molar-refractivity contribution in [1.82, 2.24) is 21.3 Å². The van der Waals surface area contributed by atoms with Gasteiger partial charge in [-0.3, -0.25) is 21.3 Å². The van der Waals surface area contributed by atoms with E-state index in [0.29, 0.717) is 12.8 Å². The molecule has 0 spiro atoms. The summed E-state index contributed by atoms with van der Waals surface area (Å²) in [4.78, 5) is 0. The Balaban J connectivity index is 1.69. The van der Waals surface area contributed by atoms with Crippen LogP contribution in [0.3, 0.4) is 0 Å². The molecule has 0 amide bonds. The quantitative estimate of drug-likeness (QED) is 0.221. The zero-order valence-electron chi connectivity index (χ0n) is 9.82. The molecular weight excluding hydrogens is 240 g/mol. The summed E-state index contributed by atoms with van der Waals surface area (Å²) in [5.41, 5.74) is 0. The maximum absolute atomic E-state index is 9.56. The molecule has 0 bridgehead atoms. The molecule has 0 aromatic rings. The highest BCUT2D eigenvalue weighted by Gasteiger charge is 2.45. The molecule has 2 aliphatic heterocycles. The molecule has 8 nitrogen and oxygen atoms in total. The molecule has 104 valence electrons. The predicted molar refractivity (Wildman–Crippen MR) is 61.0 cm³/mol. The average Bonchev–Trinajstić information content (AvgIpc) is 2.31. The molecule has 2 heterocycles. The van der Waals surface area contributed by atoms with Crippen LogP contribution in [0.1, 0.15) is 12.8 Å². The van der Waals surface area contributed by atoms with E-state index in [9.17, 15) is 20.4 Å². The van der Waals surface area contributed by atoms with Crippen LogP contribution in [0, 0.1) is 0 Å². The summed E-state index contributed by atoms with van der Waals surface area (Å²) in [6.45, 7) is 0. The van der Waals surface area contributed by atoms with Crippen molar-refractivity contribution in [3.05, 3.63) is 0 Å². The van der Waals surface area contributed by atoms with Crippen molar-refractivity contribution in [1.29, 1.82) is 0 Å². The fraction of sp³-hybridized carbons (Fsp3) is 1.00. The maximum Gasteiger partial charge on any atom is 0.144 e. The Morgan fingerprint density at radius 2 is 0.722 bits per heavy atom. The van der Waals surface area contributed by atoms with Crippen LogP contribution in [0.25, 0.3) is 0 Å². The first-order valence-electron chi connectivity index (χ1n) is 6.31. The van der Waals surface area contributed by atoms with Gasteiger partial charge in [-0.05, 0) is 12.8 Å². The lowest BCUT2D eigenvalue weighted by Gasteiger charge is -2.50. The van der Waals surface area contributed by atoms with Crippen LogP contribution >= 0.6 is 0 Å². The first kappa shape index (κ1) is 12.7. The Labute approximate surface area is 104 Å². The third kappa shape index (κ3) is 2.15. The Bertz CT molecular complexity index is 262. The largest absolute Gasteiger partial charge is 0.374 e. The number of hydrogen-bond acceptors (Lipinski definition) is 8. The van der Waals surface area contributed by atoms with E-state index in [2.05, 4.69) is 21.3 Å².